The first-order valence-corrected chi connectivity index (χ1v) is 12.1. The molecule has 2 aromatic rings. The summed E-state index contributed by atoms with van der Waals surface area (Å²) in [6, 6.07) is 0.322. The van der Waals surface area contributed by atoms with Crippen LogP contribution in [0.15, 0.2) is 11.8 Å². The Morgan fingerprint density at radius 1 is 1.15 bits per heavy atom. The van der Waals surface area contributed by atoms with Crippen molar-refractivity contribution in [2.45, 2.75) is 25.3 Å². The fourth-order valence-corrected chi connectivity index (χ4v) is 4.88. The molecule has 4 heterocycles. The first kappa shape index (κ1) is 21.7. The molecule has 176 valence electrons. The number of nitrogens with one attached hydrogen (secondary N) is 2. The fourth-order valence-electron chi connectivity index (χ4n) is 3.79. The van der Waals surface area contributed by atoms with Gasteiger partial charge in [0.05, 0.1) is 12.6 Å². The Kier molecular flexibility index (Phi) is 5.29. The van der Waals surface area contributed by atoms with Gasteiger partial charge in [0.1, 0.15) is 0 Å². The Hall–Kier alpha value is -3.10. The summed E-state index contributed by atoms with van der Waals surface area (Å²) in [5.41, 5.74) is 1.46. The average molecular weight is 476 g/mol. The van der Waals surface area contributed by atoms with Crippen LogP contribution in [-0.4, -0.2) is 94.7 Å². The van der Waals surface area contributed by atoms with Crippen LogP contribution in [0.4, 0.5) is 11.9 Å². The summed E-state index contributed by atoms with van der Waals surface area (Å²) in [6.07, 6.45) is 5.33. The second kappa shape index (κ2) is 8.04. The minimum atomic E-state index is -3.48. The second-order valence-electron chi connectivity index (χ2n) is 8.50. The molecule has 0 atom stereocenters. The smallest absolute Gasteiger partial charge is 0.281 e. The lowest BCUT2D eigenvalue weighted by Gasteiger charge is -2.35. The summed E-state index contributed by atoms with van der Waals surface area (Å²) in [6.45, 7) is 1.51. The standard InChI is InChI=1S/C19H25N9O4S/c1-25(2)33(31,32)27-7-5-26(6-8-27)18-23-16-13(9-12-10-15(29)22-17(12)30)11-20-28(16)19(24-18)21-14-3-4-14/h9,11,14H,3-8,10H2,1-2H3,(H,21,23,24)(H,22,29,30)/b12-9+. The highest BCUT2D eigenvalue weighted by atomic mass is 32.2. The van der Waals surface area contributed by atoms with Gasteiger partial charge < -0.3 is 10.2 Å². The van der Waals surface area contributed by atoms with Gasteiger partial charge in [-0.3, -0.25) is 14.9 Å². The van der Waals surface area contributed by atoms with Gasteiger partial charge in [0.2, 0.25) is 17.8 Å². The van der Waals surface area contributed by atoms with Gasteiger partial charge >= 0.3 is 0 Å². The summed E-state index contributed by atoms with van der Waals surface area (Å²) < 4.78 is 29.1. The molecule has 0 spiro atoms. The Labute approximate surface area is 190 Å². The first-order chi connectivity index (χ1) is 15.7. The molecule has 3 fully saturated rings. The molecule has 2 aromatic heterocycles. The molecule has 0 radical (unpaired) electrons. The first-order valence-electron chi connectivity index (χ1n) is 10.7. The van der Waals surface area contributed by atoms with E-state index >= 15 is 0 Å². The molecule has 0 aromatic carbocycles. The molecular weight excluding hydrogens is 450 g/mol. The molecule has 2 amide bonds. The number of piperazine rings is 1. The van der Waals surface area contributed by atoms with Crippen LogP contribution in [0, 0.1) is 0 Å². The van der Waals surface area contributed by atoms with Crippen molar-refractivity contribution in [1.82, 2.24) is 33.5 Å². The maximum Gasteiger partial charge on any atom is 0.281 e. The highest BCUT2D eigenvalue weighted by Crippen LogP contribution is 2.27. The van der Waals surface area contributed by atoms with E-state index in [2.05, 4.69) is 20.7 Å². The predicted molar refractivity (Wildman–Crippen MR) is 120 cm³/mol. The Bertz CT molecular complexity index is 1260. The minimum absolute atomic E-state index is 0.0175. The van der Waals surface area contributed by atoms with Crippen LogP contribution >= 0.6 is 0 Å². The molecule has 13 nitrogen and oxygen atoms in total. The zero-order valence-electron chi connectivity index (χ0n) is 18.4. The zero-order valence-corrected chi connectivity index (χ0v) is 19.2. The van der Waals surface area contributed by atoms with Gasteiger partial charge in [-0.15, -0.1) is 0 Å². The fraction of sp³-hybridized carbons (Fsp3) is 0.526. The maximum absolute atomic E-state index is 12.4. The molecule has 2 saturated heterocycles. The Morgan fingerprint density at radius 2 is 1.88 bits per heavy atom. The number of rotatable bonds is 6. The molecule has 14 heteroatoms. The van der Waals surface area contributed by atoms with Gasteiger partial charge in [0.15, 0.2) is 5.65 Å². The number of nitrogens with zero attached hydrogens (tertiary/aromatic N) is 7. The minimum Gasteiger partial charge on any atom is -0.351 e. The van der Waals surface area contributed by atoms with Gasteiger partial charge in [-0.05, 0) is 18.9 Å². The highest BCUT2D eigenvalue weighted by Gasteiger charge is 2.31. The quantitative estimate of drug-likeness (QED) is 0.399. The van der Waals surface area contributed by atoms with Gasteiger partial charge in [0, 0.05) is 57.5 Å². The van der Waals surface area contributed by atoms with Crippen molar-refractivity contribution in [3.05, 3.63) is 17.3 Å². The molecule has 2 aliphatic heterocycles. The molecular formula is C19H25N9O4S. The lowest BCUT2D eigenvalue weighted by Crippen LogP contribution is -2.52. The van der Waals surface area contributed by atoms with Crippen LogP contribution in [0.1, 0.15) is 24.8 Å². The predicted octanol–water partition coefficient (Wildman–Crippen LogP) is -0.943. The summed E-state index contributed by atoms with van der Waals surface area (Å²) in [5.74, 6) is 0.250. The molecule has 1 saturated carbocycles. The van der Waals surface area contributed by atoms with Crippen molar-refractivity contribution < 1.29 is 18.0 Å². The summed E-state index contributed by atoms with van der Waals surface area (Å²) in [4.78, 5) is 34.9. The number of hydrogen-bond donors (Lipinski definition) is 2. The normalized spacial score (nSPS) is 21.4. The van der Waals surface area contributed by atoms with E-state index < -0.39 is 16.1 Å². The van der Waals surface area contributed by atoms with Crippen LogP contribution in [-0.2, 0) is 19.8 Å². The number of aromatic nitrogens is 4. The maximum atomic E-state index is 12.4. The molecule has 2 N–H and O–H groups in total. The van der Waals surface area contributed by atoms with Crippen LogP contribution in [0.2, 0.25) is 0 Å². The largest absolute Gasteiger partial charge is 0.351 e. The molecule has 3 aliphatic rings. The van der Waals surface area contributed by atoms with Crippen molar-refractivity contribution in [2.24, 2.45) is 0 Å². The molecule has 0 bridgehead atoms. The third-order valence-corrected chi connectivity index (χ3v) is 7.77. The number of carbonyl (C=O) groups is 2. The SMILES string of the molecule is CN(C)S(=O)(=O)N1CCN(c2nc(NC3CC3)n3ncc(/C=C4\CC(=O)NC4=O)c3n2)CC1. The number of imide groups is 1. The average Bonchev–Trinajstić information content (AvgIpc) is 3.41. The monoisotopic (exact) mass is 475 g/mol. The molecule has 33 heavy (non-hydrogen) atoms. The lowest BCUT2D eigenvalue weighted by molar-refractivity contribution is -0.124. The number of hydrogen-bond acceptors (Lipinski definition) is 9. The van der Waals surface area contributed by atoms with Crippen molar-refractivity contribution in [3.63, 3.8) is 0 Å². The Balaban J connectivity index is 1.47. The molecule has 5 rings (SSSR count). The van der Waals surface area contributed by atoms with Crippen LogP contribution in [0.25, 0.3) is 11.7 Å². The topological polar surface area (TPSA) is 145 Å². The summed E-state index contributed by atoms with van der Waals surface area (Å²) in [7, 11) is -0.445. The van der Waals surface area contributed by atoms with Gasteiger partial charge in [-0.25, -0.2) is 0 Å². The van der Waals surface area contributed by atoms with Crippen molar-refractivity contribution in [1.29, 1.82) is 0 Å². The number of carbonyl (C=O) groups excluding carboxylic acids is 2. The van der Waals surface area contributed by atoms with E-state index in [4.69, 9.17) is 4.98 Å². The zero-order chi connectivity index (χ0) is 23.3. The van der Waals surface area contributed by atoms with Gasteiger partial charge in [-0.1, -0.05) is 0 Å². The van der Waals surface area contributed by atoms with Gasteiger partial charge in [0.25, 0.3) is 16.1 Å². The number of anilines is 2. The summed E-state index contributed by atoms with van der Waals surface area (Å²) >= 11 is 0. The highest BCUT2D eigenvalue weighted by molar-refractivity contribution is 7.86. The Morgan fingerprint density at radius 3 is 2.48 bits per heavy atom. The van der Waals surface area contributed by atoms with E-state index in [9.17, 15) is 18.0 Å². The van der Waals surface area contributed by atoms with Crippen LogP contribution in [0.3, 0.4) is 0 Å². The van der Waals surface area contributed by atoms with Crippen molar-refractivity contribution >= 4 is 45.6 Å². The van der Waals surface area contributed by atoms with Crippen molar-refractivity contribution in [3.8, 4) is 0 Å². The number of amides is 2. The van der Waals surface area contributed by atoms with Crippen molar-refractivity contribution in [2.75, 3.05) is 50.5 Å². The molecule has 1 aliphatic carbocycles. The summed E-state index contributed by atoms with van der Waals surface area (Å²) in [5, 5.41) is 10.0. The van der Waals surface area contributed by atoms with E-state index in [1.165, 1.54) is 22.7 Å². The lowest BCUT2D eigenvalue weighted by atomic mass is 10.1. The van der Waals surface area contributed by atoms with E-state index in [0.717, 1.165) is 12.8 Å². The second-order valence-corrected chi connectivity index (χ2v) is 10.6. The van der Waals surface area contributed by atoms with Gasteiger partial charge in [-0.2, -0.15) is 36.6 Å². The number of fused-ring (bicyclic) bond motifs is 1. The van der Waals surface area contributed by atoms with E-state index in [1.54, 1.807) is 16.8 Å². The van der Waals surface area contributed by atoms with E-state index in [0.29, 0.717) is 60.9 Å². The molecule has 0 unspecified atom stereocenters. The third kappa shape index (κ3) is 4.16. The van der Waals surface area contributed by atoms with Crippen LogP contribution in [0.5, 0.6) is 0 Å². The van der Waals surface area contributed by atoms with E-state index in [1.807, 2.05) is 4.90 Å². The van der Waals surface area contributed by atoms with Crippen LogP contribution < -0.4 is 15.5 Å². The van der Waals surface area contributed by atoms with E-state index in [-0.39, 0.29) is 12.3 Å². The third-order valence-electron chi connectivity index (χ3n) is 5.83.